The van der Waals surface area contributed by atoms with Crippen LogP contribution in [0.4, 0.5) is 0 Å². The van der Waals surface area contributed by atoms with E-state index in [-0.39, 0.29) is 11.8 Å². The van der Waals surface area contributed by atoms with Gasteiger partial charge in [0.05, 0.1) is 0 Å². The second-order valence-corrected chi connectivity index (χ2v) is 5.41. The minimum absolute atomic E-state index is 0.237. The van der Waals surface area contributed by atoms with Crippen LogP contribution in [0.2, 0.25) is 10.0 Å². The van der Waals surface area contributed by atoms with Gasteiger partial charge in [-0.25, -0.2) is 0 Å². The standard InChI is InChI=1S/C16H14Cl2N2O2/c17-13-5-1-3-11(9-13)15(21)19-7-8-20-16(22)12-4-2-6-14(18)10-12/h1-6,9-10H,7-8H2,(H,19,21)(H,20,22). The lowest BCUT2D eigenvalue weighted by Gasteiger charge is -2.07. The molecule has 0 bridgehead atoms. The molecule has 6 heteroatoms. The Morgan fingerprint density at radius 2 is 1.18 bits per heavy atom. The van der Waals surface area contributed by atoms with Crippen molar-refractivity contribution in [3.05, 3.63) is 69.7 Å². The summed E-state index contributed by atoms with van der Waals surface area (Å²) in [4.78, 5) is 23.7. The molecule has 0 heterocycles. The van der Waals surface area contributed by atoms with Crippen molar-refractivity contribution < 1.29 is 9.59 Å². The van der Waals surface area contributed by atoms with Crippen molar-refractivity contribution in [3.63, 3.8) is 0 Å². The zero-order valence-corrected chi connectivity index (χ0v) is 13.1. The average molecular weight is 337 g/mol. The third kappa shape index (κ3) is 4.76. The first-order valence-corrected chi connectivity index (χ1v) is 7.39. The van der Waals surface area contributed by atoms with Crippen LogP contribution in [-0.2, 0) is 0 Å². The highest BCUT2D eigenvalue weighted by molar-refractivity contribution is 6.31. The van der Waals surface area contributed by atoms with Crippen molar-refractivity contribution in [2.75, 3.05) is 13.1 Å². The van der Waals surface area contributed by atoms with E-state index in [1.54, 1.807) is 48.5 Å². The van der Waals surface area contributed by atoms with Crippen LogP contribution in [0, 0.1) is 0 Å². The second-order valence-electron chi connectivity index (χ2n) is 4.53. The maximum Gasteiger partial charge on any atom is 0.251 e. The first-order valence-electron chi connectivity index (χ1n) is 6.64. The van der Waals surface area contributed by atoms with E-state index in [9.17, 15) is 9.59 Å². The van der Waals surface area contributed by atoms with Crippen molar-refractivity contribution in [2.45, 2.75) is 0 Å². The topological polar surface area (TPSA) is 58.2 Å². The van der Waals surface area contributed by atoms with Crippen LogP contribution in [0.25, 0.3) is 0 Å². The van der Waals surface area contributed by atoms with Crippen molar-refractivity contribution >= 4 is 35.0 Å². The molecule has 0 aliphatic carbocycles. The predicted octanol–water partition coefficient (Wildman–Crippen LogP) is 3.15. The lowest BCUT2D eigenvalue weighted by atomic mass is 10.2. The Morgan fingerprint density at radius 1 is 0.773 bits per heavy atom. The molecule has 2 N–H and O–H groups in total. The van der Waals surface area contributed by atoms with Crippen LogP contribution >= 0.6 is 23.2 Å². The van der Waals surface area contributed by atoms with E-state index in [2.05, 4.69) is 10.6 Å². The van der Waals surface area contributed by atoms with Gasteiger partial charge in [0.15, 0.2) is 0 Å². The maximum atomic E-state index is 11.9. The summed E-state index contributed by atoms with van der Waals surface area (Å²) in [6.45, 7) is 0.634. The summed E-state index contributed by atoms with van der Waals surface area (Å²) in [7, 11) is 0. The predicted molar refractivity (Wildman–Crippen MR) is 87.6 cm³/mol. The molecule has 114 valence electrons. The normalized spacial score (nSPS) is 10.1. The summed E-state index contributed by atoms with van der Waals surface area (Å²) in [5, 5.41) is 6.42. The van der Waals surface area contributed by atoms with E-state index in [1.165, 1.54) is 0 Å². The van der Waals surface area contributed by atoms with Crippen LogP contribution in [0.5, 0.6) is 0 Å². The molecule has 0 aliphatic rings. The summed E-state index contributed by atoms with van der Waals surface area (Å²) in [5.41, 5.74) is 0.960. The van der Waals surface area contributed by atoms with E-state index in [0.29, 0.717) is 34.3 Å². The number of nitrogens with one attached hydrogen (secondary N) is 2. The molecular weight excluding hydrogens is 323 g/mol. The van der Waals surface area contributed by atoms with Gasteiger partial charge in [-0.3, -0.25) is 9.59 Å². The van der Waals surface area contributed by atoms with Gasteiger partial charge in [-0.15, -0.1) is 0 Å². The van der Waals surface area contributed by atoms with E-state index in [4.69, 9.17) is 23.2 Å². The fraction of sp³-hybridized carbons (Fsp3) is 0.125. The highest BCUT2D eigenvalue weighted by Crippen LogP contribution is 2.11. The Balaban J connectivity index is 1.77. The fourth-order valence-electron chi connectivity index (χ4n) is 1.82. The van der Waals surface area contributed by atoms with Crippen molar-refractivity contribution in [1.29, 1.82) is 0 Å². The summed E-state index contributed by atoms with van der Waals surface area (Å²) < 4.78 is 0. The van der Waals surface area contributed by atoms with Gasteiger partial charge < -0.3 is 10.6 Å². The number of amides is 2. The number of rotatable bonds is 5. The van der Waals surface area contributed by atoms with Crippen molar-refractivity contribution in [1.82, 2.24) is 10.6 Å². The Morgan fingerprint density at radius 3 is 1.55 bits per heavy atom. The maximum absolute atomic E-state index is 11.9. The second kappa shape index (κ2) is 7.82. The monoisotopic (exact) mass is 336 g/mol. The molecule has 0 unspecified atom stereocenters. The van der Waals surface area contributed by atoms with Crippen LogP contribution in [0.15, 0.2) is 48.5 Å². The van der Waals surface area contributed by atoms with E-state index in [1.807, 2.05) is 0 Å². The molecular formula is C16H14Cl2N2O2. The highest BCUT2D eigenvalue weighted by atomic mass is 35.5. The highest BCUT2D eigenvalue weighted by Gasteiger charge is 2.07. The van der Waals surface area contributed by atoms with Gasteiger partial charge in [0, 0.05) is 34.3 Å². The Bertz CT molecular complexity index is 630. The molecule has 2 amide bonds. The third-order valence-electron chi connectivity index (χ3n) is 2.87. The Hall–Kier alpha value is -2.04. The number of halogens is 2. The lowest BCUT2D eigenvalue weighted by Crippen LogP contribution is -2.34. The molecule has 0 radical (unpaired) electrons. The largest absolute Gasteiger partial charge is 0.350 e. The van der Waals surface area contributed by atoms with Crippen LogP contribution in [0.3, 0.4) is 0 Å². The van der Waals surface area contributed by atoms with E-state index < -0.39 is 0 Å². The quantitative estimate of drug-likeness (QED) is 0.824. The number of carbonyl (C=O) groups excluding carboxylic acids is 2. The SMILES string of the molecule is O=C(NCCNC(=O)c1cccc(Cl)c1)c1cccc(Cl)c1. The van der Waals surface area contributed by atoms with Gasteiger partial charge in [0.2, 0.25) is 0 Å². The molecule has 0 fully saturated rings. The minimum atomic E-state index is -0.237. The van der Waals surface area contributed by atoms with Crippen molar-refractivity contribution in [2.24, 2.45) is 0 Å². The fourth-order valence-corrected chi connectivity index (χ4v) is 2.20. The number of benzene rings is 2. The molecule has 22 heavy (non-hydrogen) atoms. The minimum Gasteiger partial charge on any atom is -0.350 e. The van der Waals surface area contributed by atoms with Gasteiger partial charge in [0.1, 0.15) is 0 Å². The molecule has 0 spiro atoms. The molecule has 2 aromatic carbocycles. The zero-order chi connectivity index (χ0) is 15.9. The number of hydrogen-bond acceptors (Lipinski definition) is 2. The van der Waals surface area contributed by atoms with Gasteiger partial charge in [-0.1, -0.05) is 35.3 Å². The summed E-state index contributed by atoms with van der Waals surface area (Å²) in [6.07, 6.45) is 0. The molecule has 2 aromatic rings. The van der Waals surface area contributed by atoms with E-state index in [0.717, 1.165) is 0 Å². The summed E-state index contributed by atoms with van der Waals surface area (Å²) in [6, 6.07) is 13.3. The number of carbonyl (C=O) groups is 2. The Kier molecular flexibility index (Phi) is 5.81. The molecule has 0 atom stereocenters. The van der Waals surface area contributed by atoms with Gasteiger partial charge in [0.25, 0.3) is 11.8 Å². The van der Waals surface area contributed by atoms with Crippen LogP contribution < -0.4 is 10.6 Å². The van der Waals surface area contributed by atoms with Gasteiger partial charge in [-0.05, 0) is 36.4 Å². The first kappa shape index (κ1) is 16.3. The average Bonchev–Trinajstić information content (AvgIpc) is 2.51. The van der Waals surface area contributed by atoms with Crippen molar-refractivity contribution in [3.8, 4) is 0 Å². The molecule has 2 rings (SSSR count). The van der Waals surface area contributed by atoms with E-state index >= 15 is 0 Å². The summed E-state index contributed by atoms with van der Waals surface area (Å²) >= 11 is 11.6. The van der Waals surface area contributed by atoms with Gasteiger partial charge in [-0.2, -0.15) is 0 Å². The molecule has 0 aliphatic heterocycles. The number of hydrogen-bond donors (Lipinski definition) is 2. The smallest absolute Gasteiger partial charge is 0.251 e. The zero-order valence-electron chi connectivity index (χ0n) is 11.6. The molecule has 4 nitrogen and oxygen atoms in total. The third-order valence-corrected chi connectivity index (χ3v) is 3.34. The first-order chi connectivity index (χ1) is 10.6. The molecule has 0 saturated heterocycles. The van der Waals surface area contributed by atoms with Crippen LogP contribution in [-0.4, -0.2) is 24.9 Å². The molecule has 0 saturated carbocycles. The molecule has 0 aromatic heterocycles. The van der Waals surface area contributed by atoms with Crippen LogP contribution in [0.1, 0.15) is 20.7 Å². The van der Waals surface area contributed by atoms with Gasteiger partial charge >= 0.3 is 0 Å². The Labute approximate surface area is 138 Å². The lowest BCUT2D eigenvalue weighted by molar-refractivity contribution is 0.0927. The summed E-state index contributed by atoms with van der Waals surface area (Å²) in [5.74, 6) is -0.473.